The third-order valence-electron chi connectivity index (χ3n) is 6.42. The largest absolute Gasteiger partial charge is 0.416 e. The number of carbonyl (C=O) groups is 1. The smallest absolute Gasteiger partial charge is 0.342 e. The first-order valence-electron chi connectivity index (χ1n) is 9.37. The summed E-state index contributed by atoms with van der Waals surface area (Å²) in [5.74, 6) is -0.746. The lowest BCUT2D eigenvalue weighted by Gasteiger charge is -2.50. The molecule has 0 spiro atoms. The molecular weight excluding hydrogens is 370 g/mol. The highest BCUT2D eigenvalue weighted by molar-refractivity contribution is 5.78. The van der Waals surface area contributed by atoms with Crippen molar-refractivity contribution in [2.45, 2.75) is 50.2 Å². The molecule has 0 saturated carbocycles. The molecule has 2 atom stereocenters. The minimum absolute atomic E-state index is 0.123. The number of carbonyl (C=O) groups excluding carboxylic acids is 1. The summed E-state index contributed by atoms with van der Waals surface area (Å²) in [6.07, 6.45) is -1.80. The van der Waals surface area contributed by atoms with E-state index in [1.165, 1.54) is 0 Å². The zero-order valence-corrected chi connectivity index (χ0v) is 15.7. The Labute approximate surface area is 161 Å². The molecule has 1 amide bonds. The lowest BCUT2D eigenvalue weighted by molar-refractivity contribution is -0.138. The van der Waals surface area contributed by atoms with Gasteiger partial charge in [0, 0.05) is 24.9 Å². The molecule has 0 bridgehead atoms. The Morgan fingerprint density at radius 1 is 1.07 bits per heavy atom. The van der Waals surface area contributed by atoms with Crippen molar-refractivity contribution >= 4 is 5.91 Å². The highest BCUT2D eigenvalue weighted by Crippen LogP contribution is 2.46. The maximum absolute atomic E-state index is 13.8. The highest BCUT2D eigenvalue weighted by atomic mass is 19.4. The molecular formula is C22H21F4NO. The highest BCUT2D eigenvalue weighted by Gasteiger charge is 2.46. The second kappa shape index (κ2) is 6.33. The SMILES string of the molecule is CN1C(=O)CC[C@]2(C)c3ccc(-c4cc(F)cc(C(F)(F)F)c4)cc3CC[C@@H]12. The molecule has 2 aromatic rings. The number of hydrogen-bond acceptors (Lipinski definition) is 1. The van der Waals surface area contributed by atoms with Gasteiger partial charge in [0.2, 0.25) is 5.91 Å². The van der Waals surface area contributed by atoms with Crippen molar-refractivity contribution in [3.8, 4) is 11.1 Å². The lowest BCUT2D eigenvalue weighted by atomic mass is 9.63. The van der Waals surface area contributed by atoms with Crippen LogP contribution in [0.4, 0.5) is 17.6 Å². The number of fused-ring (bicyclic) bond motifs is 3. The van der Waals surface area contributed by atoms with Crippen LogP contribution in [-0.2, 0) is 22.8 Å². The van der Waals surface area contributed by atoms with Crippen LogP contribution in [-0.4, -0.2) is 23.9 Å². The van der Waals surface area contributed by atoms with Gasteiger partial charge in [-0.15, -0.1) is 0 Å². The first-order chi connectivity index (χ1) is 13.1. The Balaban J connectivity index is 1.76. The minimum atomic E-state index is -4.59. The molecule has 148 valence electrons. The summed E-state index contributed by atoms with van der Waals surface area (Å²) in [6.45, 7) is 2.15. The van der Waals surface area contributed by atoms with Gasteiger partial charge >= 0.3 is 6.18 Å². The predicted molar refractivity (Wildman–Crippen MR) is 98.3 cm³/mol. The van der Waals surface area contributed by atoms with Crippen molar-refractivity contribution in [2.75, 3.05) is 7.05 Å². The fourth-order valence-corrected chi connectivity index (χ4v) is 4.89. The summed E-state index contributed by atoms with van der Waals surface area (Å²) in [7, 11) is 1.84. The van der Waals surface area contributed by atoms with Gasteiger partial charge in [-0.3, -0.25) is 4.79 Å². The first kappa shape index (κ1) is 19.0. The Hall–Kier alpha value is -2.37. The summed E-state index contributed by atoms with van der Waals surface area (Å²) in [5, 5.41) is 0. The van der Waals surface area contributed by atoms with Gasteiger partial charge in [-0.25, -0.2) is 4.39 Å². The molecule has 2 aliphatic rings. The van der Waals surface area contributed by atoms with Crippen LogP contribution in [0.25, 0.3) is 11.1 Å². The molecule has 0 aromatic heterocycles. The molecule has 1 heterocycles. The Kier molecular flexibility index (Phi) is 4.28. The van der Waals surface area contributed by atoms with Crippen molar-refractivity contribution < 1.29 is 22.4 Å². The third-order valence-corrected chi connectivity index (χ3v) is 6.42. The molecule has 1 aliphatic heterocycles. The average molecular weight is 391 g/mol. The molecule has 6 heteroatoms. The molecule has 4 rings (SSSR count). The molecule has 2 aromatic carbocycles. The quantitative estimate of drug-likeness (QED) is 0.601. The van der Waals surface area contributed by atoms with Crippen LogP contribution < -0.4 is 0 Å². The maximum atomic E-state index is 13.8. The number of likely N-dealkylation sites (tertiary alicyclic amines) is 1. The topological polar surface area (TPSA) is 20.3 Å². The summed E-state index contributed by atoms with van der Waals surface area (Å²) < 4.78 is 52.9. The number of benzene rings is 2. The van der Waals surface area contributed by atoms with Crippen LogP contribution in [0.2, 0.25) is 0 Å². The van der Waals surface area contributed by atoms with E-state index < -0.39 is 17.6 Å². The summed E-state index contributed by atoms with van der Waals surface area (Å²) in [6, 6.07) is 8.35. The molecule has 28 heavy (non-hydrogen) atoms. The second-order valence-electron chi connectivity index (χ2n) is 8.07. The number of amides is 1. The van der Waals surface area contributed by atoms with E-state index in [0.29, 0.717) is 18.1 Å². The van der Waals surface area contributed by atoms with E-state index in [0.717, 1.165) is 42.5 Å². The van der Waals surface area contributed by atoms with E-state index in [1.807, 2.05) is 24.1 Å². The second-order valence-corrected chi connectivity index (χ2v) is 8.07. The first-order valence-corrected chi connectivity index (χ1v) is 9.37. The van der Waals surface area contributed by atoms with Crippen LogP contribution in [0.3, 0.4) is 0 Å². The molecule has 0 N–H and O–H groups in total. The zero-order valence-electron chi connectivity index (χ0n) is 15.7. The van der Waals surface area contributed by atoms with Crippen molar-refractivity contribution in [3.05, 3.63) is 58.9 Å². The van der Waals surface area contributed by atoms with Crippen molar-refractivity contribution in [2.24, 2.45) is 0 Å². The van der Waals surface area contributed by atoms with Crippen LogP contribution in [0.15, 0.2) is 36.4 Å². The van der Waals surface area contributed by atoms with Gasteiger partial charge < -0.3 is 4.90 Å². The van der Waals surface area contributed by atoms with Crippen molar-refractivity contribution in [1.29, 1.82) is 0 Å². The monoisotopic (exact) mass is 391 g/mol. The number of alkyl halides is 3. The average Bonchev–Trinajstić information content (AvgIpc) is 2.63. The summed E-state index contributed by atoms with van der Waals surface area (Å²) >= 11 is 0. The number of rotatable bonds is 1. The maximum Gasteiger partial charge on any atom is 0.416 e. The molecule has 2 nitrogen and oxygen atoms in total. The Bertz CT molecular complexity index is 952. The number of halogens is 4. The fourth-order valence-electron chi connectivity index (χ4n) is 4.89. The van der Waals surface area contributed by atoms with Gasteiger partial charge in [0.1, 0.15) is 5.82 Å². The van der Waals surface area contributed by atoms with Crippen molar-refractivity contribution in [3.63, 3.8) is 0 Å². The molecule has 1 aliphatic carbocycles. The molecule has 1 saturated heterocycles. The molecule has 1 fully saturated rings. The zero-order chi connectivity index (χ0) is 20.3. The predicted octanol–water partition coefficient (Wildman–Crippen LogP) is 5.34. The molecule has 0 radical (unpaired) electrons. The van der Waals surface area contributed by atoms with E-state index in [4.69, 9.17) is 0 Å². The normalized spacial score (nSPS) is 24.7. The van der Waals surface area contributed by atoms with E-state index in [1.54, 1.807) is 6.07 Å². The van der Waals surface area contributed by atoms with Gasteiger partial charge in [0.15, 0.2) is 0 Å². The minimum Gasteiger partial charge on any atom is -0.342 e. The van der Waals surface area contributed by atoms with Gasteiger partial charge in [-0.05, 0) is 59.7 Å². The number of aryl methyl sites for hydroxylation is 1. The summed E-state index contributed by atoms with van der Waals surface area (Å²) in [5.41, 5.74) is 1.84. The van der Waals surface area contributed by atoms with Crippen LogP contribution in [0.1, 0.15) is 42.9 Å². The Morgan fingerprint density at radius 3 is 2.54 bits per heavy atom. The standard InChI is InChI=1S/C22H21F4NO/c1-21-8-7-20(28)27(2)19(21)6-4-14-9-13(3-5-18(14)21)15-10-16(22(24,25)26)12-17(23)11-15/h3,5,9-12,19H,4,6-8H2,1-2H3/t19-,21-/m1/s1. The lowest BCUT2D eigenvalue weighted by Crippen LogP contribution is -2.56. The van der Waals surface area contributed by atoms with E-state index in [2.05, 4.69) is 6.92 Å². The van der Waals surface area contributed by atoms with Gasteiger partial charge in [0.25, 0.3) is 0 Å². The van der Waals surface area contributed by atoms with Gasteiger partial charge in [0.05, 0.1) is 5.56 Å². The van der Waals surface area contributed by atoms with E-state index in [-0.39, 0.29) is 22.9 Å². The van der Waals surface area contributed by atoms with E-state index >= 15 is 0 Å². The summed E-state index contributed by atoms with van der Waals surface area (Å²) in [4.78, 5) is 13.9. The number of likely N-dealkylation sites (N-methyl/N-ethyl adjacent to an activating group) is 1. The fraction of sp³-hybridized carbons (Fsp3) is 0.409. The van der Waals surface area contributed by atoms with Gasteiger partial charge in [-0.2, -0.15) is 13.2 Å². The number of piperidine rings is 1. The van der Waals surface area contributed by atoms with Crippen LogP contribution in [0, 0.1) is 5.82 Å². The number of nitrogens with zero attached hydrogens (tertiary/aromatic N) is 1. The van der Waals surface area contributed by atoms with Crippen molar-refractivity contribution in [1.82, 2.24) is 4.90 Å². The van der Waals surface area contributed by atoms with Crippen LogP contribution >= 0.6 is 0 Å². The molecule has 0 unspecified atom stereocenters. The Morgan fingerprint density at radius 2 is 1.82 bits per heavy atom. The van der Waals surface area contributed by atoms with E-state index in [9.17, 15) is 22.4 Å². The van der Waals surface area contributed by atoms with Crippen LogP contribution in [0.5, 0.6) is 0 Å². The third kappa shape index (κ3) is 2.99. The van der Waals surface area contributed by atoms with Gasteiger partial charge in [-0.1, -0.05) is 25.1 Å². The number of hydrogen-bond donors (Lipinski definition) is 0.